The molecular formula is C66H53BN2S. The summed E-state index contributed by atoms with van der Waals surface area (Å²) in [6.07, 6.45) is 0. The van der Waals surface area contributed by atoms with Gasteiger partial charge in [-0.25, -0.2) is 0 Å². The van der Waals surface area contributed by atoms with Crippen molar-refractivity contribution in [2.24, 2.45) is 0 Å². The first-order valence-electron chi connectivity index (χ1n) is 24.9. The maximum Gasteiger partial charge on any atom is 0.264 e. The minimum atomic E-state index is -0.447. The highest BCUT2D eigenvalue weighted by molar-refractivity contribution is 7.33. The summed E-state index contributed by atoms with van der Waals surface area (Å²) in [6, 6.07) is 68.4. The molecule has 2 aliphatic heterocycles. The summed E-state index contributed by atoms with van der Waals surface area (Å²) in [5.41, 5.74) is 30.8. The quantitative estimate of drug-likeness (QED) is 0.163. The molecule has 4 heteroatoms. The number of rotatable bonds is 3. The summed E-state index contributed by atoms with van der Waals surface area (Å²) in [7, 11) is 0. The van der Waals surface area contributed by atoms with E-state index in [1.807, 2.05) is 11.3 Å². The van der Waals surface area contributed by atoms with E-state index in [4.69, 9.17) is 0 Å². The van der Waals surface area contributed by atoms with Crippen molar-refractivity contribution in [2.45, 2.75) is 66.2 Å². The molecule has 0 saturated heterocycles. The minimum Gasteiger partial charge on any atom is -0.311 e. The lowest BCUT2D eigenvalue weighted by Crippen LogP contribution is -2.60. The molecule has 0 fully saturated rings. The van der Waals surface area contributed by atoms with Crippen LogP contribution in [-0.4, -0.2) is 6.71 Å². The molecule has 0 amide bonds. The summed E-state index contributed by atoms with van der Waals surface area (Å²) in [6.45, 7) is 18.2. The van der Waals surface area contributed by atoms with Gasteiger partial charge in [-0.15, -0.1) is 11.3 Å². The van der Waals surface area contributed by atoms with Gasteiger partial charge in [0.25, 0.3) is 6.71 Å². The van der Waals surface area contributed by atoms with Gasteiger partial charge in [0.05, 0.1) is 11.1 Å². The van der Waals surface area contributed by atoms with Gasteiger partial charge in [-0.3, -0.25) is 0 Å². The lowest BCUT2D eigenvalue weighted by Gasteiger charge is -2.43. The fraction of sp³-hybridized carbons (Fsp3) is 0.152. The molecule has 4 aliphatic rings. The molecule has 0 saturated carbocycles. The number of nitrogens with zero attached hydrogens (tertiary/aromatic N) is 2. The number of fused-ring (bicyclic) bond motifs is 16. The Morgan fingerprint density at radius 3 is 1.70 bits per heavy atom. The highest BCUT2D eigenvalue weighted by Gasteiger charge is 2.53. The van der Waals surface area contributed by atoms with Gasteiger partial charge in [-0.1, -0.05) is 153 Å². The Kier molecular flexibility index (Phi) is 8.65. The zero-order chi connectivity index (χ0) is 47.5. The molecular weight excluding hydrogens is 864 g/mol. The average molecular weight is 917 g/mol. The van der Waals surface area contributed by atoms with E-state index in [0.29, 0.717) is 0 Å². The number of anilines is 6. The summed E-state index contributed by atoms with van der Waals surface area (Å²) in [5, 5.41) is 1.31. The molecule has 14 rings (SSSR count). The fourth-order valence-electron chi connectivity index (χ4n) is 13.1. The third kappa shape index (κ3) is 5.57. The number of benzene rings is 9. The van der Waals surface area contributed by atoms with Gasteiger partial charge in [0.2, 0.25) is 0 Å². The average Bonchev–Trinajstić information content (AvgIpc) is 3.97. The van der Waals surface area contributed by atoms with E-state index in [0.717, 1.165) is 0 Å². The molecule has 0 atom stereocenters. The van der Waals surface area contributed by atoms with Crippen LogP contribution in [0.15, 0.2) is 176 Å². The van der Waals surface area contributed by atoms with Crippen molar-refractivity contribution in [1.29, 1.82) is 0 Å². The van der Waals surface area contributed by atoms with Gasteiger partial charge in [0.1, 0.15) is 0 Å². The first kappa shape index (κ1) is 41.6. The zero-order valence-corrected chi connectivity index (χ0v) is 41.9. The van der Waals surface area contributed by atoms with Crippen LogP contribution in [0.4, 0.5) is 34.1 Å². The van der Waals surface area contributed by atoms with Crippen molar-refractivity contribution < 1.29 is 0 Å². The third-order valence-corrected chi connectivity index (χ3v) is 17.4. The van der Waals surface area contributed by atoms with Crippen LogP contribution in [0.25, 0.3) is 43.5 Å². The van der Waals surface area contributed by atoms with Crippen molar-refractivity contribution in [1.82, 2.24) is 0 Å². The van der Waals surface area contributed by atoms with Crippen LogP contribution in [-0.2, 0) is 10.8 Å². The second kappa shape index (κ2) is 14.6. The molecule has 1 spiro atoms. The Morgan fingerprint density at radius 1 is 0.471 bits per heavy atom. The molecule has 10 aromatic rings. The second-order valence-corrected chi connectivity index (χ2v) is 22.7. The molecule has 0 radical (unpaired) electrons. The van der Waals surface area contributed by atoms with E-state index in [1.54, 1.807) is 0 Å². The third-order valence-electron chi connectivity index (χ3n) is 16.2. The maximum atomic E-state index is 2.63. The van der Waals surface area contributed by atoms with E-state index < -0.39 is 5.41 Å². The summed E-state index contributed by atoms with van der Waals surface area (Å²) in [4.78, 5) is 5.19. The number of hydrogen-bond donors (Lipinski definition) is 0. The Balaban J connectivity index is 1.10. The Morgan fingerprint density at radius 2 is 1.06 bits per heavy atom. The van der Waals surface area contributed by atoms with E-state index in [2.05, 4.69) is 241 Å². The minimum absolute atomic E-state index is 0.00813. The molecule has 0 N–H and O–H groups in total. The predicted octanol–water partition coefficient (Wildman–Crippen LogP) is 15.8. The Hall–Kier alpha value is -7.40. The first-order chi connectivity index (χ1) is 33.9. The molecule has 0 unspecified atom stereocenters. The lowest BCUT2D eigenvalue weighted by molar-refractivity contribution is 0.588. The maximum absolute atomic E-state index is 2.63. The molecule has 336 valence electrons. The Labute approximate surface area is 416 Å². The fourth-order valence-corrected chi connectivity index (χ4v) is 14.4. The van der Waals surface area contributed by atoms with Crippen LogP contribution in [0.5, 0.6) is 0 Å². The van der Waals surface area contributed by atoms with E-state index >= 15 is 0 Å². The molecule has 70 heavy (non-hydrogen) atoms. The van der Waals surface area contributed by atoms with Crippen molar-refractivity contribution in [3.05, 3.63) is 232 Å². The molecule has 2 aliphatic carbocycles. The van der Waals surface area contributed by atoms with Crippen LogP contribution in [0.1, 0.15) is 76.4 Å². The van der Waals surface area contributed by atoms with Gasteiger partial charge in [0.15, 0.2) is 0 Å². The van der Waals surface area contributed by atoms with Gasteiger partial charge >= 0.3 is 0 Å². The van der Waals surface area contributed by atoms with Gasteiger partial charge in [-0.05, 0) is 183 Å². The van der Waals surface area contributed by atoms with Crippen LogP contribution in [0.3, 0.4) is 0 Å². The normalized spacial score (nSPS) is 14.3. The van der Waals surface area contributed by atoms with E-state index in [1.165, 1.54) is 149 Å². The SMILES string of the molecule is Cc1ccc(N2c3cc(-c4c(C)cccc4C)ccc3B3c4sc5cc6c(cc5c4N(c4ccc(C)cc4)c4cc(C)cc2c43)-c2ccc(C(C)(C)C)cc2C62c3ccccc3-c3ccccc32)cc1. The largest absolute Gasteiger partial charge is 0.311 e. The smallest absolute Gasteiger partial charge is 0.264 e. The zero-order valence-electron chi connectivity index (χ0n) is 41.1. The molecule has 3 heterocycles. The number of thiophene rings is 1. The van der Waals surface area contributed by atoms with Crippen molar-refractivity contribution in [3.8, 4) is 33.4 Å². The van der Waals surface area contributed by atoms with Crippen LogP contribution >= 0.6 is 11.3 Å². The molecule has 0 bridgehead atoms. The topological polar surface area (TPSA) is 6.48 Å². The number of aryl methyl sites for hydroxylation is 5. The lowest BCUT2D eigenvalue weighted by atomic mass is 9.36. The standard InChI is InChI=1S/C66H53BN2S/c1-38-20-26-45(27-21-38)68-57-34-43(61-41(4)14-13-15-42(61)5)24-31-56(57)67-62-58(68)32-40(3)33-59(62)69(46-28-22-39(2)23-29-46)63-51-36-50-49-30-25-44(65(6,7)8)35-54(49)66(55(50)37-60(51)70-64(63)67)52-18-11-9-16-47(52)48-17-10-12-19-53(48)66/h9-37H,1-8H3. The predicted molar refractivity (Wildman–Crippen MR) is 300 cm³/mol. The van der Waals surface area contributed by atoms with Crippen LogP contribution in [0.2, 0.25) is 0 Å². The molecule has 1 aromatic heterocycles. The van der Waals surface area contributed by atoms with E-state index in [-0.39, 0.29) is 12.1 Å². The highest BCUT2D eigenvalue weighted by atomic mass is 32.1. The van der Waals surface area contributed by atoms with Crippen LogP contribution < -0.4 is 25.5 Å². The van der Waals surface area contributed by atoms with Crippen molar-refractivity contribution >= 4 is 78.0 Å². The number of hydrogen-bond acceptors (Lipinski definition) is 3. The molecule has 2 nitrogen and oxygen atoms in total. The van der Waals surface area contributed by atoms with E-state index in [9.17, 15) is 0 Å². The summed E-state index contributed by atoms with van der Waals surface area (Å²) < 4.78 is 2.72. The summed E-state index contributed by atoms with van der Waals surface area (Å²) in [5.74, 6) is 0. The summed E-state index contributed by atoms with van der Waals surface area (Å²) >= 11 is 2.01. The van der Waals surface area contributed by atoms with Gasteiger partial charge < -0.3 is 9.80 Å². The van der Waals surface area contributed by atoms with Gasteiger partial charge in [-0.2, -0.15) is 0 Å². The van der Waals surface area contributed by atoms with Gasteiger partial charge in [0, 0.05) is 43.3 Å². The van der Waals surface area contributed by atoms with Crippen LogP contribution in [0, 0.1) is 34.6 Å². The Bertz CT molecular complexity index is 3820. The van der Waals surface area contributed by atoms with Crippen molar-refractivity contribution in [3.63, 3.8) is 0 Å². The molecule has 9 aromatic carbocycles. The van der Waals surface area contributed by atoms with Crippen molar-refractivity contribution in [2.75, 3.05) is 9.80 Å². The monoisotopic (exact) mass is 916 g/mol. The highest BCUT2D eigenvalue weighted by Crippen LogP contribution is 2.64. The second-order valence-electron chi connectivity index (χ2n) is 21.6. The first-order valence-corrected chi connectivity index (χ1v) is 25.8.